The molecular weight excluding hydrogens is 340 g/mol. The Hall–Kier alpha value is -2.25. The van der Waals surface area contributed by atoms with Crippen LogP contribution in [-0.2, 0) is 11.8 Å². The molecule has 1 fully saturated rings. The molecule has 2 heterocycles. The Labute approximate surface area is 141 Å². The smallest absolute Gasteiger partial charge is 0.300 e. The van der Waals surface area contributed by atoms with Crippen molar-refractivity contribution in [3.63, 3.8) is 0 Å². The highest BCUT2D eigenvalue weighted by Gasteiger charge is 2.43. The van der Waals surface area contributed by atoms with Crippen molar-refractivity contribution in [3.05, 3.63) is 15.9 Å². The summed E-state index contributed by atoms with van der Waals surface area (Å²) in [4.78, 5) is 16.3. The molecule has 1 saturated heterocycles. The van der Waals surface area contributed by atoms with Gasteiger partial charge in [-0.05, 0) is 0 Å². The number of aliphatic hydroxyl groups is 4. The Bertz CT molecular complexity index is 691. The second kappa shape index (κ2) is 7.76. The predicted molar refractivity (Wildman–Crippen MR) is 82.8 cm³/mol. The topological polar surface area (TPSA) is 179 Å². The molecule has 1 aromatic rings. The molecular formula is C13H20N4O8. The van der Waals surface area contributed by atoms with Crippen molar-refractivity contribution in [2.24, 2.45) is 12.2 Å². The number of nitrogens with one attached hydrogen (secondary N) is 1. The van der Waals surface area contributed by atoms with Crippen LogP contribution in [0, 0.1) is 0 Å². The first kappa shape index (κ1) is 19.1. The monoisotopic (exact) mass is 360 g/mol. The number of rotatable bonds is 5. The third-order valence-corrected chi connectivity index (χ3v) is 3.83. The van der Waals surface area contributed by atoms with Gasteiger partial charge in [-0.3, -0.25) is 9.36 Å². The third kappa shape index (κ3) is 3.57. The first-order chi connectivity index (χ1) is 11.8. The van der Waals surface area contributed by atoms with E-state index in [0.29, 0.717) is 0 Å². The SMILES string of the molecule is COc1nc(N[C@@H]2O[C@@H](CO)[C@@H](O)[C@@H](O)[C@H]2O)c(/C=N\O)c(=O)n1C. The number of aliphatic hydroxyl groups excluding tert-OH is 4. The fourth-order valence-electron chi connectivity index (χ4n) is 2.42. The van der Waals surface area contributed by atoms with Gasteiger partial charge < -0.3 is 40.4 Å². The van der Waals surface area contributed by atoms with Gasteiger partial charge in [0, 0.05) is 7.05 Å². The minimum Gasteiger partial charge on any atom is -0.468 e. The van der Waals surface area contributed by atoms with Crippen LogP contribution >= 0.6 is 0 Å². The second-order valence-corrected chi connectivity index (χ2v) is 5.36. The lowest BCUT2D eigenvalue weighted by Gasteiger charge is -2.40. The zero-order valence-corrected chi connectivity index (χ0v) is 13.5. The number of ether oxygens (including phenoxy) is 2. The third-order valence-electron chi connectivity index (χ3n) is 3.83. The van der Waals surface area contributed by atoms with Crippen molar-refractivity contribution < 1.29 is 35.1 Å². The molecule has 5 atom stereocenters. The van der Waals surface area contributed by atoms with Crippen molar-refractivity contribution in [2.45, 2.75) is 30.6 Å². The Morgan fingerprint density at radius 1 is 1.36 bits per heavy atom. The van der Waals surface area contributed by atoms with Crippen molar-refractivity contribution in [1.82, 2.24) is 9.55 Å². The number of anilines is 1. The zero-order valence-electron chi connectivity index (χ0n) is 13.5. The number of hydrogen-bond acceptors (Lipinski definition) is 11. The highest BCUT2D eigenvalue weighted by atomic mass is 16.6. The van der Waals surface area contributed by atoms with E-state index < -0.39 is 42.8 Å². The molecule has 0 aliphatic carbocycles. The van der Waals surface area contributed by atoms with Crippen molar-refractivity contribution in [3.8, 4) is 6.01 Å². The summed E-state index contributed by atoms with van der Waals surface area (Å²) in [6, 6.07) is -0.0767. The highest BCUT2D eigenvalue weighted by molar-refractivity contribution is 5.85. The van der Waals surface area contributed by atoms with Crippen LogP contribution in [0.2, 0.25) is 0 Å². The maximum Gasteiger partial charge on any atom is 0.300 e. The fraction of sp³-hybridized carbons (Fsp3) is 0.615. The minimum absolute atomic E-state index is 0.0767. The normalized spacial score (nSPS) is 29.8. The molecule has 140 valence electrons. The van der Waals surface area contributed by atoms with Crippen molar-refractivity contribution in [1.29, 1.82) is 0 Å². The number of oxime groups is 1. The van der Waals surface area contributed by atoms with Crippen LogP contribution in [0.1, 0.15) is 5.56 Å². The molecule has 0 aromatic carbocycles. The van der Waals surface area contributed by atoms with E-state index in [0.717, 1.165) is 10.8 Å². The van der Waals surface area contributed by atoms with E-state index in [2.05, 4.69) is 15.5 Å². The summed E-state index contributed by atoms with van der Waals surface area (Å²) in [7, 11) is 2.68. The highest BCUT2D eigenvalue weighted by Crippen LogP contribution is 2.23. The van der Waals surface area contributed by atoms with Crippen LogP contribution in [0.25, 0.3) is 0 Å². The molecule has 0 bridgehead atoms. The molecule has 0 radical (unpaired) electrons. The van der Waals surface area contributed by atoms with Gasteiger partial charge in [-0.2, -0.15) is 4.98 Å². The minimum atomic E-state index is -1.60. The molecule has 1 aliphatic rings. The Balaban J connectivity index is 2.41. The van der Waals surface area contributed by atoms with Crippen LogP contribution in [0.4, 0.5) is 5.82 Å². The van der Waals surface area contributed by atoms with Gasteiger partial charge in [0.1, 0.15) is 35.8 Å². The summed E-state index contributed by atoms with van der Waals surface area (Å²) in [5, 5.41) is 53.0. The molecule has 0 unspecified atom stereocenters. The average Bonchev–Trinajstić information content (AvgIpc) is 2.61. The summed E-state index contributed by atoms with van der Waals surface area (Å²) in [6.07, 6.45) is -6.34. The van der Waals surface area contributed by atoms with E-state index in [4.69, 9.17) is 14.7 Å². The quantitative estimate of drug-likeness (QED) is 0.178. The second-order valence-electron chi connectivity index (χ2n) is 5.36. The first-order valence-electron chi connectivity index (χ1n) is 7.25. The van der Waals surface area contributed by atoms with Gasteiger partial charge in [-0.25, -0.2) is 0 Å². The molecule has 0 spiro atoms. The maximum absolute atomic E-state index is 12.3. The zero-order chi connectivity index (χ0) is 18.7. The summed E-state index contributed by atoms with van der Waals surface area (Å²) >= 11 is 0. The number of hydrogen-bond donors (Lipinski definition) is 6. The van der Waals surface area contributed by atoms with Crippen LogP contribution in [0.5, 0.6) is 6.01 Å². The molecule has 0 saturated carbocycles. The molecule has 2 rings (SSSR count). The molecule has 1 aromatic heterocycles. The lowest BCUT2D eigenvalue weighted by atomic mass is 9.98. The van der Waals surface area contributed by atoms with Crippen molar-refractivity contribution >= 4 is 12.0 Å². The summed E-state index contributed by atoms with van der Waals surface area (Å²) in [6.45, 7) is -0.610. The van der Waals surface area contributed by atoms with Crippen molar-refractivity contribution in [2.75, 3.05) is 19.0 Å². The van der Waals surface area contributed by atoms with E-state index in [9.17, 15) is 25.2 Å². The van der Waals surface area contributed by atoms with E-state index >= 15 is 0 Å². The standard InChI is InChI=1S/C13H20N4O8/c1-17-12(22)5(3-14-23)10(16-13(17)24-2)15-11-9(21)8(20)7(19)6(4-18)25-11/h3,6-9,11,15,18-21,23H,4H2,1-2H3/b14-3-/t6-,7+,8+,9+,11+/m0/s1. The Morgan fingerprint density at radius 2 is 2.04 bits per heavy atom. The van der Waals surface area contributed by atoms with Crippen LogP contribution in [0.15, 0.2) is 9.95 Å². The Kier molecular flexibility index (Phi) is 5.92. The number of methoxy groups -OCH3 is 1. The van der Waals surface area contributed by atoms with E-state index in [1.807, 2.05) is 0 Å². The van der Waals surface area contributed by atoms with E-state index in [-0.39, 0.29) is 17.4 Å². The van der Waals surface area contributed by atoms with Gasteiger partial charge >= 0.3 is 6.01 Å². The van der Waals surface area contributed by atoms with Crippen LogP contribution < -0.4 is 15.6 Å². The van der Waals surface area contributed by atoms with E-state index in [1.165, 1.54) is 14.2 Å². The van der Waals surface area contributed by atoms with Gasteiger partial charge in [0.2, 0.25) is 0 Å². The molecule has 0 amide bonds. The van der Waals surface area contributed by atoms with Gasteiger partial charge in [-0.1, -0.05) is 5.16 Å². The number of nitrogens with zero attached hydrogens (tertiary/aromatic N) is 3. The Morgan fingerprint density at radius 3 is 2.60 bits per heavy atom. The lowest BCUT2D eigenvalue weighted by molar-refractivity contribution is -0.221. The summed E-state index contributed by atoms with van der Waals surface area (Å²) in [5.74, 6) is -0.151. The lowest BCUT2D eigenvalue weighted by Crippen LogP contribution is -2.60. The van der Waals surface area contributed by atoms with Gasteiger partial charge in [-0.15, -0.1) is 0 Å². The first-order valence-corrected chi connectivity index (χ1v) is 7.25. The molecule has 1 aliphatic heterocycles. The summed E-state index contributed by atoms with van der Waals surface area (Å²) < 4.78 is 11.3. The van der Waals surface area contributed by atoms with Gasteiger partial charge in [0.15, 0.2) is 6.23 Å². The molecule has 12 heteroatoms. The van der Waals surface area contributed by atoms with Gasteiger partial charge in [0.05, 0.1) is 19.9 Å². The average molecular weight is 360 g/mol. The maximum atomic E-state index is 12.3. The van der Waals surface area contributed by atoms with Crippen LogP contribution in [0.3, 0.4) is 0 Å². The molecule has 25 heavy (non-hydrogen) atoms. The molecule has 6 N–H and O–H groups in total. The van der Waals surface area contributed by atoms with Crippen LogP contribution in [-0.4, -0.2) is 85.8 Å². The molecule has 12 nitrogen and oxygen atoms in total. The fourth-order valence-corrected chi connectivity index (χ4v) is 2.42. The van der Waals surface area contributed by atoms with E-state index in [1.54, 1.807) is 0 Å². The van der Waals surface area contributed by atoms with Gasteiger partial charge in [0.25, 0.3) is 5.56 Å². The summed E-state index contributed by atoms with van der Waals surface area (Å²) in [5.41, 5.74) is -0.778. The predicted octanol–water partition coefficient (Wildman–Crippen LogP) is -3.19. The number of aromatic nitrogens is 2. The largest absolute Gasteiger partial charge is 0.468 e.